The van der Waals surface area contributed by atoms with Crippen LogP contribution in [0.5, 0.6) is 0 Å². The molecule has 0 aliphatic rings. The highest BCUT2D eigenvalue weighted by molar-refractivity contribution is 9.10. The molecule has 0 atom stereocenters. The summed E-state index contributed by atoms with van der Waals surface area (Å²) in [6.45, 7) is 0.153. The fourth-order valence-corrected chi connectivity index (χ4v) is 5.23. The molecule has 0 unspecified atom stereocenters. The number of nitrogens with one attached hydrogen (secondary N) is 1. The molecule has 1 aromatic heterocycles. The molecule has 1 N–H and O–H groups in total. The molecule has 1 amide bonds. The number of halogens is 1. The van der Waals surface area contributed by atoms with Crippen LogP contribution in [0.1, 0.15) is 15.9 Å². The van der Waals surface area contributed by atoms with Crippen molar-refractivity contribution in [3.05, 3.63) is 107 Å². The molecule has 1 heterocycles. The number of hydrogen-bond donors (Lipinski definition) is 1. The van der Waals surface area contributed by atoms with Gasteiger partial charge in [-0.3, -0.25) is 9.10 Å². The van der Waals surface area contributed by atoms with Crippen LogP contribution in [0, 0.1) is 0 Å². The minimum absolute atomic E-state index is 0.153. The Bertz CT molecular complexity index is 1660. The summed E-state index contributed by atoms with van der Waals surface area (Å²) < 4.78 is 32.8. The van der Waals surface area contributed by atoms with E-state index < -0.39 is 10.0 Å². The van der Waals surface area contributed by atoms with Gasteiger partial charge in [-0.1, -0.05) is 52.3 Å². The summed E-state index contributed by atoms with van der Waals surface area (Å²) in [4.78, 5) is 12.8. The van der Waals surface area contributed by atoms with Gasteiger partial charge in [0.25, 0.3) is 5.91 Å². The summed E-state index contributed by atoms with van der Waals surface area (Å²) in [7, 11) is -3.50. The van der Waals surface area contributed by atoms with Crippen molar-refractivity contribution in [1.29, 1.82) is 0 Å². The molecule has 0 aliphatic carbocycles. The fourth-order valence-electron chi connectivity index (χ4n) is 3.97. The molecule has 176 valence electrons. The van der Waals surface area contributed by atoms with Crippen molar-refractivity contribution in [2.75, 3.05) is 15.9 Å². The maximum atomic E-state index is 12.8. The molecule has 8 heteroatoms. The summed E-state index contributed by atoms with van der Waals surface area (Å²) in [6.07, 6.45) is 1.18. The Balaban J connectivity index is 1.33. The largest absolute Gasteiger partial charge is 0.456 e. The molecule has 5 aromatic rings. The molecule has 0 bridgehead atoms. The van der Waals surface area contributed by atoms with E-state index in [1.807, 2.05) is 48.5 Å². The van der Waals surface area contributed by atoms with Gasteiger partial charge in [-0.05, 0) is 54.1 Å². The van der Waals surface area contributed by atoms with Crippen molar-refractivity contribution in [1.82, 2.24) is 0 Å². The highest BCUT2D eigenvalue weighted by Gasteiger charge is 2.18. The first kappa shape index (κ1) is 23.1. The molecule has 4 aromatic carbocycles. The molecule has 0 spiro atoms. The van der Waals surface area contributed by atoms with Gasteiger partial charge in [0.15, 0.2) is 0 Å². The van der Waals surface area contributed by atoms with Gasteiger partial charge in [-0.2, -0.15) is 0 Å². The number of furan rings is 1. The van der Waals surface area contributed by atoms with Gasteiger partial charge in [0.2, 0.25) is 10.0 Å². The number of hydrogen-bond acceptors (Lipinski definition) is 4. The smallest absolute Gasteiger partial charge is 0.255 e. The van der Waals surface area contributed by atoms with Crippen molar-refractivity contribution in [3.8, 4) is 0 Å². The second-order valence-electron chi connectivity index (χ2n) is 8.21. The predicted molar refractivity (Wildman–Crippen MR) is 143 cm³/mol. The number of anilines is 2. The van der Waals surface area contributed by atoms with E-state index >= 15 is 0 Å². The van der Waals surface area contributed by atoms with Crippen molar-refractivity contribution in [3.63, 3.8) is 0 Å². The first-order chi connectivity index (χ1) is 16.8. The molecule has 0 fully saturated rings. The van der Waals surface area contributed by atoms with E-state index in [0.717, 1.165) is 26.4 Å². The summed E-state index contributed by atoms with van der Waals surface area (Å²) in [5, 5.41) is 4.92. The minimum atomic E-state index is -3.50. The molecular weight excluding hydrogens is 528 g/mol. The van der Waals surface area contributed by atoms with E-state index in [-0.39, 0.29) is 12.5 Å². The topological polar surface area (TPSA) is 79.6 Å². The first-order valence-corrected chi connectivity index (χ1v) is 13.5. The van der Waals surface area contributed by atoms with E-state index in [1.54, 1.807) is 42.5 Å². The van der Waals surface area contributed by atoms with E-state index in [4.69, 9.17) is 4.42 Å². The molecule has 35 heavy (non-hydrogen) atoms. The number of rotatable bonds is 6. The molecule has 0 saturated heterocycles. The van der Waals surface area contributed by atoms with Gasteiger partial charge >= 0.3 is 0 Å². The molecule has 0 aliphatic heterocycles. The number of fused-ring (bicyclic) bond motifs is 3. The first-order valence-electron chi connectivity index (χ1n) is 10.8. The zero-order valence-corrected chi connectivity index (χ0v) is 21.1. The molecule has 5 rings (SSSR count). The van der Waals surface area contributed by atoms with Crippen LogP contribution >= 0.6 is 15.9 Å². The van der Waals surface area contributed by atoms with E-state index in [2.05, 4.69) is 21.2 Å². The van der Waals surface area contributed by atoms with E-state index in [9.17, 15) is 13.2 Å². The Morgan fingerprint density at radius 2 is 1.63 bits per heavy atom. The number of nitrogens with zero attached hydrogens (tertiary/aromatic N) is 1. The lowest BCUT2D eigenvalue weighted by Gasteiger charge is -2.23. The van der Waals surface area contributed by atoms with Gasteiger partial charge in [0.1, 0.15) is 11.2 Å². The zero-order valence-electron chi connectivity index (χ0n) is 18.7. The standard InChI is InChI=1S/C27H21BrN2O4S/c1-35(32,33)30(22-6-4-5-20(28)15-22)17-18-9-11-19(12-10-18)27(31)29-21-13-14-24-23-7-2-3-8-25(23)34-26(24)16-21/h2-16H,17H2,1H3,(H,29,31). The van der Waals surface area contributed by atoms with Crippen LogP contribution in [-0.4, -0.2) is 20.6 Å². The van der Waals surface area contributed by atoms with Crippen LogP contribution in [-0.2, 0) is 16.6 Å². The van der Waals surface area contributed by atoms with Gasteiger partial charge in [0.05, 0.1) is 18.5 Å². The summed E-state index contributed by atoms with van der Waals surface area (Å²) in [6, 6.07) is 27.4. The lowest BCUT2D eigenvalue weighted by atomic mass is 10.1. The van der Waals surface area contributed by atoms with Crippen LogP contribution in [0.2, 0.25) is 0 Å². The van der Waals surface area contributed by atoms with Crippen LogP contribution in [0.4, 0.5) is 11.4 Å². The number of amides is 1. The average molecular weight is 549 g/mol. The second kappa shape index (κ2) is 9.20. The molecule has 0 radical (unpaired) electrons. The number of sulfonamides is 1. The zero-order chi connectivity index (χ0) is 24.6. The summed E-state index contributed by atoms with van der Waals surface area (Å²) in [5.41, 5.74) is 3.91. The maximum absolute atomic E-state index is 12.8. The fraction of sp³-hybridized carbons (Fsp3) is 0.0741. The van der Waals surface area contributed by atoms with Crippen LogP contribution in [0.15, 0.2) is 99.9 Å². The summed E-state index contributed by atoms with van der Waals surface area (Å²) in [5.74, 6) is -0.265. The van der Waals surface area contributed by atoms with E-state index in [0.29, 0.717) is 22.5 Å². The Hall–Kier alpha value is -3.62. The van der Waals surface area contributed by atoms with Crippen molar-refractivity contribution < 1.29 is 17.6 Å². The Morgan fingerprint density at radius 1 is 0.886 bits per heavy atom. The molecule has 0 saturated carbocycles. The second-order valence-corrected chi connectivity index (χ2v) is 11.0. The van der Waals surface area contributed by atoms with Crippen LogP contribution < -0.4 is 9.62 Å². The van der Waals surface area contributed by atoms with Crippen molar-refractivity contribution in [2.45, 2.75) is 6.54 Å². The SMILES string of the molecule is CS(=O)(=O)N(Cc1ccc(C(=O)Nc2ccc3c(c2)oc2ccccc23)cc1)c1cccc(Br)c1. The van der Waals surface area contributed by atoms with Gasteiger partial charge in [-0.15, -0.1) is 0 Å². The third kappa shape index (κ3) is 4.94. The number of para-hydroxylation sites is 1. The Labute approximate surface area is 211 Å². The van der Waals surface area contributed by atoms with E-state index in [1.165, 1.54) is 10.6 Å². The normalized spacial score (nSPS) is 11.6. The number of benzene rings is 4. The van der Waals surface area contributed by atoms with Crippen molar-refractivity contribution >= 4 is 65.2 Å². The number of carbonyl (C=O) groups excluding carboxylic acids is 1. The predicted octanol–water partition coefficient (Wildman–Crippen LogP) is 6.57. The summed E-state index contributed by atoms with van der Waals surface area (Å²) >= 11 is 3.39. The third-order valence-corrected chi connectivity index (χ3v) is 7.31. The third-order valence-electron chi connectivity index (χ3n) is 5.68. The van der Waals surface area contributed by atoms with Gasteiger partial charge < -0.3 is 9.73 Å². The van der Waals surface area contributed by atoms with Gasteiger partial charge in [0, 0.05) is 32.6 Å². The number of carbonyl (C=O) groups is 1. The van der Waals surface area contributed by atoms with Crippen LogP contribution in [0.25, 0.3) is 21.9 Å². The lowest BCUT2D eigenvalue weighted by Crippen LogP contribution is -2.29. The Morgan fingerprint density at radius 3 is 2.37 bits per heavy atom. The van der Waals surface area contributed by atoms with Crippen molar-refractivity contribution in [2.24, 2.45) is 0 Å². The highest BCUT2D eigenvalue weighted by Crippen LogP contribution is 2.30. The monoisotopic (exact) mass is 548 g/mol. The molecule has 6 nitrogen and oxygen atoms in total. The minimum Gasteiger partial charge on any atom is -0.456 e. The van der Waals surface area contributed by atoms with Crippen LogP contribution in [0.3, 0.4) is 0 Å². The Kier molecular flexibility index (Phi) is 6.08. The maximum Gasteiger partial charge on any atom is 0.255 e. The van der Waals surface area contributed by atoms with Gasteiger partial charge in [-0.25, -0.2) is 8.42 Å². The average Bonchev–Trinajstić information content (AvgIpc) is 3.20. The molecular formula is C27H21BrN2O4S. The lowest BCUT2D eigenvalue weighted by molar-refractivity contribution is 0.102. The highest BCUT2D eigenvalue weighted by atomic mass is 79.9. The quantitative estimate of drug-likeness (QED) is 0.260.